The Bertz CT molecular complexity index is 807. The molecule has 1 aliphatic rings. The smallest absolute Gasteiger partial charge is 0.324 e. The summed E-state index contributed by atoms with van der Waals surface area (Å²) in [7, 11) is -4.49. The number of nitrogens with zero attached hydrogens (tertiary/aromatic N) is 2. The lowest BCUT2D eigenvalue weighted by molar-refractivity contribution is -0.141. The fraction of sp³-hybridized carbons (Fsp3) is 0.714. The van der Waals surface area contributed by atoms with Crippen LogP contribution in [0.1, 0.15) is 56.5 Å². The zero-order chi connectivity index (χ0) is 21.1. The van der Waals surface area contributed by atoms with E-state index >= 15 is 0 Å². The van der Waals surface area contributed by atoms with E-state index in [1.54, 1.807) is 4.72 Å². The van der Waals surface area contributed by atoms with Crippen LogP contribution < -0.4 is 20.9 Å². The van der Waals surface area contributed by atoms with Crippen LogP contribution in [0.2, 0.25) is 0 Å². The normalized spacial score (nSPS) is 19.0. The van der Waals surface area contributed by atoms with E-state index < -0.39 is 52.7 Å². The molecule has 2 unspecified atom stereocenters. The van der Waals surface area contributed by atoms with E-state index in [0.29, 0.717) is 12.3 Å². The Morgan fingerprint density at radius 2 is 1.89 bits per heavy atom. The third-order valence-corrected chi connectivity index (χ3v) is 5.25. The number of carboxylic acid groups (broad SMARTS) is 1. The van der Waals surface area contributed by atoms with Gasteiger partial charge in [0.15, 0.2) is 0 Å². The molecule has 1 heterocycles. The van der Waals surface area contributed by atoms with Gasteiger partial charge in [0.2, 0.25) is 17.7 Å². The molecule has 28 heavy (non-hydrogen) atoms. The highest BCUT2D eigenvalue weighted by molar-refractivity contribution is 7.87. The molecule has 0 aliphatic heterocycles. The van der Waals surface area contributed by atoms with Crippen molar-refractivity contribution in [3.05, 3.63) is 11.8 Å². The number of aromatic nitrogens is 2. The number of carbonyl (C=O) groups excluding carboxylic acids is 1. The minimum absolute atomic E-state index is 0.0934. The third kappa shape index (κ3) is 6.49. The number of carboxylic acids is 1. The molecule has 1 aliphatic carbocycles. The Kier molecular flexibility index (Phi) is 7.06. The summed E-state index contributed by atoms with van der Waals surface area (Å²) < 4.78 is 33.7. The summed E-state index contributed by atoms with van der Waals surface area (Å²) in [6.45, 7) is 1.10. The fourth-order valence-electron chi connectivity index (χ4n) is 2.47. The van der Waals surface area contributed by atoms with Gasteiger partial charge in [-0.1, -0.05) is 12.8 Å². The van der Waals surface area contributed by atoms with Gasteiger partial charge in [0.05, 0.1) is 18.6 Å². The number of aliphatic hydroxyl groups excluding tert-OH is 1. The van der Waals surface area contributed by atoms with Crippen LogP contribution in [0, 0.1) is 5.92 Å². The molecule has 1 saturated carbocycles. The number of primary amides is 1. The van der Waals surface area contributed by atoms with Gasteiger partial charge in [0, 0.05) is 0 Å². The van der Waals surface area contributed by atoms with Crippen LogP contribution in [0.3, 0.4) is 0 Å². The van der Waals surface area contributed by atoms with Gasteiger partial charge in [-0.05, 0) is 19.3 Å². The first kappa shape index (κ1) is 22.2. The number of amides is 1. The number of carbonyl (C=O) groups is 2. The Hall–Kier alpha value is -2.13. The second-order valence-corrected chi connectivity index (χ2v) is 8.26. The van der Waals surface area contributed by atoms with Crippen LogP contribution in [-0.4, -0.2) is 52.9 Å². The van der Waals surface area contributed by atoms with E-state index in [-0.39, 0.29) is 11.8 Å². The maximum atomic E-state index is 12.2. The minimum Gasteiger partial charge on any atom is -0.480 e. The minimum atomic E-state index is -4.49. The van der Waals surface area contributed by atoms with Crippen molar-refractivity contribution in [1.29, 1.82) is 0 Å². The SMILES string of the molecule is CC(O)C(NS(=O)(=O)N[C@@H](CC(N)=O)c1nnc([C@@H](N)CC2CC2)o1)C(=O)O. The van der Waals surface area contributed by atoms with Crippen LogP contribution in [0.15, 0.2) is 4.42 Å². The second-order valence-electron chi connectivity index (χ2n) is 6.78. The Morgan fingerprint density at radius 1 is 1.29 bits per heavy atom. The largest absolute Gasteiger partial charge is 0.480 e. The first-order valence-electron chi connectivity index (χ1n) is 8.56. The van der Waals surface area contributed by atoms with Crippen molar-refractivity contribution in [2.24, 2.45) is 17.4 Å². The zero-order valence-electron chi connectivity index (χ0n) is 15.1. The average molecular weight is 420 g/mol. The summed E-state index contributed by atoms with van der Waals surface area (Å²) in [5, 5.41) is 25.9. The van der Waals surface area contributed by atoms with Gasteiger partial charge < -0.3 is 26.1 Å². The summed E-state index contributed by atoms with van der Waals surface area (Å²) in [6, 6.07) is -3.67. The Balaban J connectivity index is 2.15. The molecule has 2 rings (SSSR count). The Morgan fingerprint density at radius 3 is 2.39 bits per heavy atom. The zero-order valence-corrected chi connectivity index (χ0v) is 15.9. The van der Waals surface area contributed by atoms with Crippen molar-refractivity contribution in [3.63, 3.8) is 0 Å². The molecule has 0 bridgehead atoms. The standard InChI is InChI=1S/C14H24N6O7S/c1-6(21)11(14(23)24)20-28(25,26)19-9(5-10(16)22)13-18-17-12(27-13)8(15)4-7-2-3-7/h6-9,11,19-21H,2-5,15H2,1H3,(H2,16,22)(H,23,24)/t6?,8-,9-,11?/m0/s1. The number of nitrogens with two attached hydrogens (primary N) is 2. The Labute approximate surface area is 161 Å². The first-order chi connectivity index (χ1) is 13.0. The van der Waals surface area contributed by atoms with Gasteiger partial charge in [-0.2, -0.15) is 17.9 Å². The van der Waals surface area contributed by atoms with Gasteiger partial charge >= 0.3 is 5.97 Å². The summed E-state index contributed by atoms with van der Waals surface area (Å²) >= 11 is 0. The number of hydrogen-bond donors (Lipinski definition) is 6. The van der Waals surface area contributed by atoms with Crippen LogP contribution in [0.5, 0.6) is 0 Å². The van der Waals surface area contributed by atoms with E-state index in [2.05, 4.69) is 10.2 Å². The highest BCUT2D eigenvalue weighted by Gasteiger charge is 2.33. The van der Waals surface area contributed by atoms with Crippen molar-refractivity contribution >= 4 is 22.1 Å². The summed E-state index contributed by atoms with van der Waals surface area (Å²) in [6.07, 6.45) is 0.743. The van der Waals surface area contributed by atoms with E-state index in [9.17, 15) is 23.1 Å². The van der Waals surface area contributed by atoms with Crippen molar-refractivity contribution in [1.82, 2.24) is 19.6 Å². The van der Waals surface area contributed by atoms with E-state index in [4.69, 9.17) is 21.0 Å². The molecule has 1 aromatic rings. The number of nitrogens with one attached hydrogen (secondary N) is 2. The highest BCUT2D eigenvalue weighted by Crippen LogP contribution is 2.36. The molecule has 1 amide bonds. The molecule has 0 saturated heterocycles. The molecule has 1 fully saturated rings. The number of aliphatic carboxylic acids is 1. The van der Waals surface area contributed by atoms with E-state index in [1.807, 2.05) is 4.72 Å². The van der Waals surface area contributed by atoms with Crippen molar-refractivity contribution < 1.29 is 32.6 Å². The predicted molar refractivity (Wildman–Crippen MR) is 93.4 cm³/mol. The second kappa shape index (κ2) is 8.91. The molecule has 158 valence electrons. The highest BCUT2D eigenvalue weighted by atomic mass is 32.2. The molecule has 14 heteroatoms. The van der Waals surface area contributed by atoms with Gasteiger partial charge in [0.25, 0.3) is 10.2 Å². The van der Waals surface area contributed by atoms with Crippen molar-refractivity contribution in [3.8, 4) is 0 Å². The summed E-state index contributed by atoms with van der Waals surface area (Å²) in [4.78, 5) is 22.4. The summed E-state index contributed by atoms with van der Waals surface area (Å²) in [5.74, 6) is -2.11. The predicted octanol–water partition coefficient (Wildman–Crippen LogP) is -1.96. The van der Waals surface area contributed by atoms with Gasteiger partial charge in [-0.3, -0.25) is 9.59 Å². The topological polar surface area (TPSA) is 224 Å². The molecular weight excluding hydrogens is 396 g/mol. The maximum Gasteiger partial charge on any atom is 0.324 e. The first-order valence-corrected chi connectivity index (χ1v) is 10.0. The van der Waals surface area contributed by atoms with Crippen LogP contribution >= 0.6 is 0 Å². The number of hydrogen-bond acceptors (Lipinski definition) is 9. The fourth-order valence-corrected chi connectivity index (χ4v) is 3.73. The van der Waals surface area contributed by atoms with E-state index in [1.165, 1.54) is 0 Å². The molecule has 0 aromatic carbocycles. The number of aliphatic hydroxyl groups is 1. The molecular formula is C14H24N6O7S. The van der Waals surface area contributed by atoms with Gasteiger partial charge in [-0.25, -0.2) is 0 Å². The van der Waals surface area contributed by atoms with Gasteiger partial charge in [-0.15, -0.1) is 10.2 Å². The molecule has 0 radical (unpaired) electrons. The maximum absolute atomic E-state index is 12.2. The third-order valence-electron chi connectivity index (χ3n) is 4.09. The van der Waals surface area contributed by atoms with Crippen molar-refractivity contribution in [2.45, 2.75) is 56.8 Å². The molecule has 13 nitrogen and oxygen atoms in total. The number of rotatable bonds is 12. The van der Waals surface area contributed by atoms with Crippen LogP contribution in [0.25, 0.3) is 0 Å². The van der Waals surface area contributed by atoms with Crippen molar-refractivity contribution in [2.75, 3.05) is 0 Å². The lowest BCUT2D eigenvalue weighted by atomic mass is 10.1. The molecule has 8 N–H and O–H groups in total. The molecule has 4 atom stereocenters. The quantitative estimate of drug-likeness (QED) is 0.219. The average Bonchev–Trinajstić information content (AvgIpc) is 3.22. The molecule has 0 spiro atoms. The van der Waals surface area contributed by atoms with Crippen LogP contribution in [-0.2, 0) is 19.8 Å². The molecule has 1 aromatic heterocycles. The summed E-state index contributed by atoms with van der Waals surface area (Å²) in [5.41, 5.74) is 11.1. The lowest BCUT2D eigenvalue weighted by Gasteiger charge is -2.19. The van der Waals surface area contributed by atoms with E-state index in [0.717, 1.165) is 19.8 Å². The van der Waals surface area contributed by atoms with Gasteiger partial charge in [0.1, 0.15) is 12.1 Å². The lowest BCUT2D eigenvalue weighted by Crippen LogP contribution is -2.52. The van der Waals surface area contributed by atoms with Crippen LogP contribution in [0.4, 0.5) is 0 Å². The monoisotopic (exact) mass is 420 g/mol.